The Kier molecular flexibility index (Phi) is 5.27. The average molecular weight is 256 g/mol. The van der Waals surface area contributed by atoms with Crippen LogP contribution in [0.25, 0.3) is 0 Å². The zero-order chi connectivity index (χ0) is 13.5. The Morgan fingerprint density at radius 1 is 1.26 bits per heavy atom. The van der Waals surface area contributed by atoms with Gasteiger partial charge in [0.25, 0.3) is 0 Å². The maximum atomic E-state index is 8.88. The molecule has 0 amide bonds. The van der Waals surface area contributed by atoms with E-state index in [1.807, 2.05) is 0 Å². The maximum absolute atomic E-state index is 8.88. The molecule has 2 atom stereocenters. The molecule has 1 fully saturated rings. The minimum atomic E-state index is 0.613. The number of hydrogen-bond donors (Lipinski definition) is 0. The normalized spacial score (nSPS) is 22.7. The van der Waals surface area contributed by atoms with Crippen molar-refractivity contribution in [1.29, 1.82) is 5.26 Å². The standard InChI is InChI=1S/C17H24N2/c1-2-15-8-6-11-17(14-15)19(13-7-12-18)16-9-4-3-5-10-16/h3-5,9-10,15,17H,2,6-8,11,13-14H2,1H3. The van der Waals surface area contributed by atoms with E-state index in [9.17, 15) is 0 Å². The molecule has 0 heterocycles. The molecule has 0 radical (unpaired) electrons. The van der Waals surface area contributed by atoms with E-state index in [-0.39, 0.29) is 0 Å². The number of nitrogens with zero attached hydrogens (tertiary/aromatic N) is 2. The van der Waals surface area contributed by atoms with E-state index in [4.69, 9.17) is 5.26 Å². The van der Waals surface area contributed by atoms with Gasteiger partial charge in [-0.2, -0.15) is 5.26 Å². The molecule has 1 aliphatic carbocycles. The predicted octanol–water partition coefficient (Wildman–Crippen LogP) is 4.38. The lowest BCUT2D eigenvalue weighted by Gasteiger charge is -2.38. The third kappa shape index (κ3) is 3.73. The smallest absolute Gasteiger partial charge is 0.0640 e. The summed E-state index contributed by atoms with van der Waals surface area (Å²) in [5, 5.41) is 8.88. The molecule has 1 aromatic carbocycles. The molecule has 1 aromatic rings. The first-order valence-electron chi connectivity index (χ1n) is 7.53. The van der Waals surface area contributed by atoms with Gasteiger partial charge in [0.2, 0.25) is 0 Å². The third-order valence-corrected chi connectivity index (χ3v) is 4.33. The summed E-state index contributed by atoms with van der Waals surface area (Å²) in [6.07, 6.45) is 7.18. The van der Waals surface area contributed by atoms with Crippen molar-refractivity contribution < 1.29 is 0 Å². The zero-order valence-electron chi connectivity index (χ0n) is 11.9. The number of anilines is 1. The Morgan fingerprint density at radius 2 is 2.05 bits per heavy atom. The van der Waals surface area contributed by atoms with Gasteiger partial charge in [-0.05, 0) is 30.9 Å². The van der Waals surface area contributed by atoms with Gasteiger partial charge in [-0.3, -0.25) is 0 Å². The van der Waals surface area contributed by atoms with Crippen LogP contribution in [0.15, 0.2) is 30.3 Å². The Morgan fingerprint density at radius 3 is 2.74 bits per heavy atom. The van der Waals surface area contributed by atoms with Crippen LogP contribution in [0, 0.1) is 17.2 Å². The average Bonchev–Trinajstić information content (AvgIpc) is 2.49. The van der Waals surface area contributed by atoms with Crippen LogP contribution >= 0.6 is 0 Å². The van der Waals surface area contributed by atoms with E-state index in [0.717, 1.165) is 12.5 Å². The van der Waals surface area contributed by atoms with Gasteiger partial charge in [0.05, 0.1) is 12.5 Å². The van der Waals surface area contributed by atoms with E-state index in [1.165, 1.54) is 37.8 Å². The van der Waals surface area contributed by atoms with Gasteiger partial charge in [-0.15, -0.1) is 0 Å². The highest BCUT2D eigenvalue weighted by molar-refractivity contribution is 5.47. The minimum Gasteiger partial charge on any atom is -0.368 e. The molecule has 2 rings (SSSR count). The molecule has 2 unspecified atom stereocenters. The van der Waals surface area contributed by atoms with E-state index >= 15 is 0 Å². The third-order valence-electron chi connectivity index (χ3n) is 4.33. The van der Waals surface area contributed by atoms with Crippen LogP contribution in [-0.2, 0) is 0 Å². The molecule has 0 aromatic heterocycles. The van der Waals surface area contributed by atoms with Crippen LogP contribution in [0.3, 0.4) is 0 Å². The zero-order valence-corrected chi connectivity index (χ0v) is 11.9. The molecule has 0 bridgehead atoms. The topological polar surface area (TPSA) is 27.0 Å². The maximum Gasteiger partial charge on any atom is 0.0640 e. The summed E-state index contributed by atoms with van der Waals surface area (Å²) in [6, 6.07) is 13.5. The second kappa shape index (κ2) is 7.19. The summed E-state index contributed by atoms with van der Waals surface area (Å²) >= 11 is 0. The molecule has 2 heteroatoms. The van der Waals surface area contributed by atoms with Crippen molar-refractivity contribution in [2.75, 3.05) is 11.4 Å². The molecule has 102 valence electrons. The van der Waals surface area contributed by atoms with Crippen molar-refractivity contribution in [2.24, 2.45) is 5.92 Å². The quantitative estimate of drug-likeness (QED) is 0.782. The monoisotopic (exact) mass is 256 g/mol. The van der Waals surface area contributed by atoms with E-state index in [0.29, 0.717) is 12.5 Å². The lowest BCUT2D eigenvalue weighted by Crippen LogP contribution is -2.39. The van der Waals surface area contributed by atoms with Gasteiger partial charge in [-0.1, -0.05) is 44.4 Å². The summed E-state index contributed by atoms with van der Waals surface area (Å²) in [6.45, 7) is 3.16. The first-order chi connectivity index (χ1) is 9.35. The lowest BCUT2D eigenvalue weighted by molar-refractivity contribution is 0.303. The second-order valence-corrected chi connectivity index (χ2v) is 5.53. The molecule has 0 saturated heterocycles. The first kappa shape index (κ1) is 13.9. The fourth-order valence-corrected chi connectivity index (χ4v) is 3.23. The van der Waals surface area contributed by atoms with Gasteiger partial charge in [0.15, 0.2) is 0 Å². The Bertz CT molecular complexity index is 407. The van der Waals surface area contributed by atoms with Gasteiger partial charge in [-0.25, -0.2) is 0 Å². The van der Waals surface area contributed by atoms with Crippen LogP contribution in [0.4, 0.5) is 5.69 Å². The molecule has 0 spiro atoms. The first-order valence-corrected chi connectivity index (χ1v) is 7.53. The van der Waals surface area contributed by atoms with Crippen molar-refractivity contribution in [1.82, 2.24) is 0 Å². The van der Waals surface area contributed by atoms with Crippen molar-refractivity contribution in [3.8, 4) is 6.07 Å². The van der Waals surface area contributed by atoms with Crippen molar-refractivity contribution in [3.05, 3.63) is 30.3 Å². The van der Waals surface area contributed by atoms with Crippen LogP contribution < -0.4 is 4.90 Å². The van der Waals surface area contributed by atoms with Gasteiger partial charge in [0.1, 0.15) is 0 Å². The van der Waals surface area contributed by atoms with Gasteiger partial charge >= 0.3 is 0 Å². The lowest BCUT2D eigenvalue weighted by atomic mass is 9.83. The molecule has 1 saturated carbocycles. The van der Waals surface area contributed by atoms with Crippen LogP contribution in [0.1, 0.15) is 45.4 Å². The van der Waals surface area contributed by atoms with Crippen LogP contribution in [0.2, 0.25) is 0 Å². The van der Waals surface area contributed by atoms with Crippen molar-refractivity contribution >= 4 is 5.69 Å². The molecule has 2 nitrogen and oxygen atoms in total. The number of benzene rings is 1. The Balaban J connectivity index is 2.11. The van der Waals surface area contributed by atoms with Gasteiger partial charge in [0, 0.05) is 18.3 Å². The van der Waals surface area contributed by atoms with E-state index in [1.54, 1.807) is 0 Å². The van der Waals surface area contributed by atoms with E-state index in [2.05, 4.69) is 48.2 Å². The minimum absolute atomic E-state index is 0.613. The van der Waals surface area contributed by atoms with Crippen molar-refractivity contribution in [2.45, 2.75) is 51.5 Å². The fraction of sp³-hybridized carbons (Fsp3) is 0.588. The number of hydrogen-bond acceptors (Lipinski definition) is 2. The molecule has 1 aliphatic rings. The van der Waals surface area contributed by atoms with E-state index < -0.39 is 0 Å². The van der Waals surface area contributed by atoms with Crippen LogP contribution in [-0.4, -0.2) is 12.6 Å². The largest absolute Gasteiger partial charge is 0.368 e. The summed E-state index contributed by atoms with van der Waals surface area (Å²) < 4.78 is 0. The summed E-state index contributed by atoms with van der Waals surface area (Å²) in [4.78, 5) is 2.46. The molecule has 0 N–H and O–H groups in total. The number of para-hydroxylation sites is 1. The molecular formula is C17H24N2. The fourth-order valence-electron chi connectivity index (χ4n) is 3.23. The van der Waals surface area contributed by atoms with Crippen molar-refractivity contribution in [3.63, 3.8) is 0 Å². The van der Waals surface area contributed by atoms with Gasteiger partial charge < -0.3 is 4.90 Å². The number of rotatable bonds is 5. The summed E-state index contributed by atoms with van der Waals surface area (Å²) in [5.74, 6) is 0.868. The second-order valence-electron chi connectivity index (χ2n) is 5.53. The SMILES string of the molecule is CCC1CCCC(N(CCC#N)c2ccccc2)C1. The Labute approximate surface area is 117 Å². The molecular weight excluding hydrogens is 232 g/mol. The summed E-state index contributed by atoms with van der Waals surface area (Å²) in [7, 11) is 0. The molecule has 19 heavy (non-hydrogen) atoms. The predicted molar refractivity (Wildman–Crippen MR) is 80.1 cm³/mol. The Hall–Kier alpha value is -1.49. The highest BCUT2D eigenvalue weighted by Gasteiger charge is 2.25. The highest BCUT2D eigenvalue weighted by atomic mass is 15.2. The molecule has 0 aliphatic heterocycles. The summed E-state index contributed by atoms with van der Waals surface area (Å²) in [5.41, 5.74) is 1.28. The van der Waals surface area contributed by atoms with Crippen LogP contribution in [0.5, 0.6) is 0 Å². The number of nitriles is 1. The highest BCUT2D eigenvalue weighted by Crippen LogP contribution is 2.32.